The number of fused-ring (bicyclic) bond motifs is 1. The lowest BCUT2D eigenvalue weighted by molar-refractivity contribution is -0.137. The number of nitrogens with zero attached hydrogens (tertiary/aromatic N) is 5. The van der Waals surface area contributed by atoms with E-state index in [1.54, 1.807) is 39.0 Å². The molecule has 0 saturated carbocycles. The molecule has 2 aliphatic heterocycles. The molecule has 1 atom stereocenters. The van der Waals surface area contributed by atoms with Crippen LogP contribution in [0.15, 0.2) is 23.3 Å². The zero-order valence-corrected chi connectivity index (χ0v) is 23.7. The first-order valence-electron chi connectivity index (χ1n) is 13.6. The van der Waals surface area contributed by atoms with Crippen LogP contribution in [-0.4, -0.2) is 84.0 Å². The van der Waals surface area contributed by atoms with Crippen LogP contribution in [0.3, 0.4) is 0 Å². The van der Waals surface area contributed by atoms with Gasteiger partial charge in [-0.25, -0.2) is 4.79 Å². The summed E-state index contributed by atoms with van der Waals surface area (Å²) in [6.07, 6.45) is 1.17. The molecule has 0 radical (unpaired) electrons. The normalized spacial score (nSPS) is 16.5. The Labute approximate surface area is 238 Å². The maximum Gasteiger partial charge on any atom is 0.410 e. The Balaban J connectivity index is 1.51. The first-order chi connectivity index (χ1) is 19.5. The van der Waals surface area contributed by atoms with Crippen molar-refractivity contribution in [2.75, 3.05) is 38.2 Å². The number of rotatable bonds is 13. The van der Waals surface area contributed by atoms with Crippen LogP contribution in [-0.2, 0) is 30.4 Å². The molecule has 2 N–H and O–H groups in total. The molecule has 5 amide bonds. The number of imide groups is 1. The standard InChI is InChI=1S/C27H37N7O7/c1-27(2,3)41-26(39)33(14-16-40-15-12-29-32-28)13-5-4-9-22(35)30-20-8-6-7-18-19(20)17-34(25(18)38)21-10-11-23(36)31-24(21)37/h6-8,21H,4-5,9-17H2,1-3H3,(H,30,35)(H,31,36,37). The van der Waals surface area contributed by atoms with Gasteiger partial charge in [0, 0.05) is 60.7 Å². The number of benzene rings is 1. The minimum absolute atomic E-state index is 0.159. The zero-order chi connectivity index (χ0) is 30.0. The van der Waals surface area contributed by atoms with Gasteiger partial charge in [-0.1, -0.05) is 11.2 Å². The van der Waals surface area contributed by atoms with E-state index in [2.05, 4.69) is 20.7 Å². The van der Waals surface area contributed by atoms with E-state index in [9.17, 15) is 24.0 Å². The molecular weight excluding hydrogens is 534 g/mol. The fourth-order valence-corrected chi connectivity index (χ4v) is 4.55. The number of carbonyl (C=O) groups is 5. The first kappa shape index (κ1) is 31.4. The lowest BCUT2D eigenvalue weighted by Crippen LogP contribution is -2.52. The predicted molar refractivity (Wildman–Crippen MR) is 148 cm³/mol. The molecule has 0 bridgehead atoms. The molecule has 1 fully saturated rings. The van der Waals surface area contributed by atoms with Gasteiger partial charge in [0.15, 0.2) is 0 Å². The molecular formula is C27H37N7O7. The van der Waals surface area contributed by atoms with Gasteiger partial charge >= 0.3 is 6.09 Å². The number of hydrogen-bond acceptors (Lipinski definition) is 8. The zero-order valence-electron chi connectivity index (χ0n) is 23.7. The van der Waals surface area contributed by atoms with Gasteiger partial charge in [-0.2, -0.15) is 0 Å². The number of azide groups is 1. The molecule has 2 aliphatic rings. The SMILES string of the molecule is CC(C)(C)OC(=O)N(CCCCC(=O)Nc1cccc2c1CN(C1CCC(=O)NC1=O)C2=O)CCOCCN=[N+]=[N-]. The minimum atomic E-state index is -0.736. The van der Waals surface area contributed by atoms with Gasteiger partial charge in [0.2, 0.25) is 17.7 Å². The van der Waals surface area contributed by atoms with Crippen molar-refractivity contribution >= 4 is 35.4 Å². The number of piperidine rings is 1. The van der Waals surface area contributed by atoms with Crippen molar-refractivity contribution in [2.45, 2.75) is 71.1 Å². The highest BCUT2D eigenvalue weighted by Gasteiger charge is 2.40. The van der Waals surface area contributed by atoms with Gasteiger partial charge in [-0.05, 0) is 57.7 Å². The second-order valence-corrected chi connectivity index (χ2v) is 10.8. The van der Waals surface area contributed by atoms with E-state index in [1.165, 1.54) is 9.80 Å². The highest BCUT2D eigenvalue weighted by atomic mass is 16.6. The van der Waals surface area contributed by atoms with Crippen LogP contribution in [0.2, 0.25) is 0 Å². The second-order valence-electron chi connectivity index (χ2n) is 10.8. The van der Waals surface area contributed by atoms with Gasteiger partial charge in [0.25, 0.3) is 5.91 Å². The van der Waals surface area contributed by atoms with Crippen LogP contribution in [0.1, 0.15) is 68.8 Å². The Morgan fingerprint density at radius 2 is 1.98 bits per heavy atom. The lowest BCUT2D eigenvalue weighted by Gasteiger charge is -2.29. The van der Waals surface area contributed by atoms with Crippen molar-refractivity contribution in [3.8, 4) is 0 Å². The van der Waals surface area contributed by atoms with Crippen molar-refractivity contribution in [1.29, 1.82) is 0 Å². The first-order valence-corrected chi connectivity index (χ1v) is 13.6. The second kappa shape index (κ2) is 14.5. The summed E-state index contributed by atoms with van der Waals surface area (Å²) in [5, 5.41) is 8.55. The quantitative estimate of drug-likeness (QED) is 0.120. The van der Waals surface area contributed by atoms with Gasteiger partial charge < -0.3 is 24.6 Å². The molecule has 2 heterocycles. The third-order valence-corrected chi connectivity index (χ3v) is 6.49. The molecule has 1 saturated heterocycles. The summed E-state index contributed by atoms with van der Waals surface area (Å²) < 4.78 is 10.9. The van der Waals surface area contributed by atoms with Gasteiger partial charge in [0.05, 0.1) is 13.2 Å². The minimum Gasteiger partial charge on any atom is -0.444 e. The Bertz CT molecular complexity index is 1210. The summed E-state index contributed by atoms with van der Waals surface area (Å²) in [5.74, 6) is -1.40. The van der Waals surface area contributed by atoms with Crippen molar-refractivity contribution in [3.63, 3.8) is 0 Å². The number of carbonyl (C=O) groups excluding carboxylic acids is 5. The van der Waals surface area contributed by atoms with E-state index in [1.807, 2.05) is 0 Å². The van der Waals surface area contributed by atoms with Crippen LogP contribution < -0.4 is 10.6 Å². The summed E-state index contributed by atoms with van der Waals surface area (Å²) >= 11 is 0. The highest BCUT2D eigenvalue weighted by Crippen LogP contribution is 2.32. The maximum absolute atomic E-state index is 13.0. The van der Waals surface area contributed by atoms with Crippen LogP contribution >= 0.6 is 0 Å². The van der Waals surface area contributed by atoms with Gasteiger partial charge in [0.1, 0.15) is 11.6 Å². The van der Waals surface area contributed by atoms with E-state index in [0.29, 0.717) is 36.2 Å². The number of anilines is 1. The fourth-order valence-electron chi connectivity index (χ4n) is 4.55. The Hall–Kier alpha value is -4.16. The summed E-state index contributed by atoms with van der Waals surface area (Å²) in [7, 11) is 0. The Morgan fingerprint density at radius 3 is 2.68 bits per heavy atom. The number of unbranched alkanes of at least 4 members (excludes halogenated alkanes) is 1. The van der Waals surface area contributed by atoms with E-state index in [-0.39, 0.29) is 69.8 Å². The third kappa shape index (κ3) is 9.19. The molecule has 1 unspecified atom stereocenters. The van der Waals surface area contributed by atoms with E-state index >= 15 is 0 Å². The molecule has 0 spiro atoms. The van der Waals surface area contributed by atoms with E-state index < -0.39 is 23.6 Å². The molecule has 14 heteroatoms. The van der Waals surface area contributed by atoms with Crippen LogP contribution in [0.4, 0.5) is 10.5 Å². The molecule has 41 heavy (non-hydrogen) atoms. The largest absolute Gasteiger partial charge is 0.444 e. The topological polar surface area (TPSA) is 183 Å². The van der Waals surface area contributed by atoms with Gasteiger partial charge in [-0.3, -0.25) is 24.5 Å². The predicted octanol–water partition coefficient (Wildman–Crippen LogP) is 3.12. The van der Waals surface area contributed by atoms with Crippen molar-refractivity contribution in [1.82, 2.24) is 15.1 Å². The monoisotopic (exact) mass is 571 g/mol. The summed E-state index contributed by atoms with van der Waals surface area (Å²) in [5.41, 5.74) is 9.22. The summed E-state index contributed by atoms with van der Waals surface area (Å²) in [4.78, 5) is 67.8. The molecule has 1 aromatic rings. The van der Waals surface area contributed by atoms with Crippen molar-refractivity contribution in [2.24, 2.45) is 5.11 Å². The maximum atomic E-state index is 13.0. The van der Waals surface area contributed by atoms with E-state index in [4.69, 9.17) is 15.0 Å². The van der Waals surface area contributed by atoms with Crippen LogP contribution in [0, 0.1) is 0 Å². The summed E-state index contributed by atoms with van der Waals surface area (Å²) in [6.45, 7) is 6.83. The van der Waals surface area contributed by atoms with Crippen LogP contribution in [0.25, 0.3) is 10.4 Å². The number of ether oxygens (including phenoxy) is 2. The number of amides is 5. The third-order valence-electron chi connectivity index (χ3n) is 6.49. The average Bonchev–Trinajstić information content (AvgIpc) is 3.23. The van der Waals surface area contributed by atoms with Crippen molar-refractivity contribution < 1.29 is 33.4 Å². The molecule has 14 nitrogen and oxygen atoms in total. The fraction of sp³-hybridized carbons (Fsp3) is 0.593. The lowest BCUT2D eigenvalue weighted by atomic mass is 10.0. The molecule has 1 aromatic carbocycles. The highest BCUT2D eigenvalue weighted by molar-refractivity contribution is 6.06. The molecule has 222 valence electrons. The Morgan fingerprint density at radius 1 is 1.20 bits per heavy atom. The molecule has 0 aliphatic carbocycles. The average molecular weight is 572 g/mol. The summed E-state index contributed by atoms with van der Waals surface area (Å²) in [6, 6.07) is 4.31. The van der Waals surface area contributed by atoms with E-state index in [0.717, 1.165) is 0 Å². The van der Waals surface area contributed by atoms with Crippen LogP contribution in [0.5, 0.6) is 0 Å². The van der Waals surface area contributed by atoms with Crippen molar-refractivity contribution in [3.05, 3.63) is 39.8 Å². The smallest absolute Gasteiger partial charge is 0.410 e. The number of nitrogens with one attached hydrogen (secondary N) is 2. The Kier molecular flexibility index (Phi) is 11.1. The number of hydrogen-bond donors (Lipinski definition) is 2. The molecule has 0 aromatic heterocycles. The molecule has 3 rings (SSSR count). The van der Waals surface area contributed by atoms with Gasteiger partial charge in [-0.15, -0.1) is 0 Å².